The summed E-state index contributed by atoms with van der Waals surface area (Å²) >= 11 is 0. The van der Waals surface area contributed by atoms with Crippen LogP contribution in [0.25, 0.3) is 0 Å². The molecule has 0 bridgehead atoms. The predicted molar refractivity (Wildman–Crippen MR) is 49.7 cm³/mol. The first-order chi connectivity index (χ1) is 6.18. The fourth-order valence-electron chi connectivity index (χ4n) is 1.50. The van der Waals surface area contributed by atoms with Gasteiger partial charge in [-0.15, -0.1) is 0 Å². The van der Waals surface area contributed by atoms with Crippen molar-refractivity contribution in [2.75, 3.05) is 11.9 Å². The molecule has 0 spiro atoms. The second kappa shape index (κ2) is 2.73. The van der Waals surface area contributed by atoms with Crippen LogP contribution in [0.4, 0.5) is 5.82 Å². The van der Waals surface area contributed by atoms with Gasteiger partial charge >= 0.3 is 0 Å². The van der Waals surface area contributed by atoms with Crippen molar-refractivity contribution in [3.05, 3.63) is 23.4 Å². The lowest BCUT2D eigenvalue weighted by Crippen LogP contribution is -2.11. The summed E-state index contributed by atoms with van der Waals surface area (Å²) < 4.78 is 0. The van der Waals surface area contributed by atoms with Crippen LogP contribution in [-0.4, -0.2) is 17.4 Å². The molecule has 3 N–H and O–H groups in total. The first-order valence-corrected chi connectivity index (χ1v) is 4.22. The molecule has 0 radical (unpaired) electrons. The summed E-state index contributed by atoms with van der Waals surface area (Å²) in [4.78, 5) is 15.0. The number of fused-ring (bicyclic) bond motifs is 1. The van der Waals surface area contributed by atoms with Crippen molar-refractivity contribution in [2.24, 2.45) is 5.73 Å². The Balaban J connectivity index is 2.47. The van der Waals surface area contributed by atoms with Gasteiger partial charge in [-0.1, -0.05) is 6.92 Å². The van der Waals surface area contributed by atoms with Crippen molar-refractivity contribution >= 4 is 11.7 Å². The van der Waals surface area contributed by atoms with E-state index in [0.717, 1.165) is 17.9 Å². The van der Waals surface area contributed by atoms with Crippen molar-refractivity contribution in [1.82, 2.24) is 4.98 Å². The van der Waals surface area contributed by atoms with Gasteiger partial charge in [0.1, 0.15) is 5.82 Å². The summed E-state index contributed by atoms with van der Waals surface area (Å²) in [5.74, 6) is 0.855. The maximum atomic E-state index is 10.9. The Morgan fingerprint density at radius 2 is 2.54 bits per heavy atom. The standard InChI is InChI=1S/C9H11N3O/c1-5-3-11-9-7(5)2-6(4-12-9)8(10)13/h2,4-5H,3H2,1H3,(H2,10,13)(H,11,12). The minimum Gasteiger partial charge on any atom is -0.369 e. The van der Waals surface area contributed by atoms with Gasteiger partial charge in [-0.25, -0.2) is 4.98 Å². The molecule has 1 aromatic rings. The van der Waals surface area contributed by atoms with Crippen LogP contribution in [0.5, 0.6) is 0 Å². The van der Waals surface area contributed by atoms with Crippen LogP contribution in [0, 0.1) is 0 Å². The van der Waals surface area contributed by atoms with Crippen LogP contribution in [0.3, 0.4) is 0 Å². The van der Waals surface area contributed by atoms with Crippen molar-refractivity contribution in [2.45, 2.75) is 12.8 Å². The Bertz CT molecular complexity index is 362. The number of rotatable bonds is 1. The van der Waals surface area contributed by atoms with Gasteiger partial charge in [0.15, 0.2) is 0 Å². The van der Waals surface area contributed by atoms with Gasteiger partial charge in [0, 0.05) is 18.7 Å². The number of hydrogen-bond acceptors (Lipinski definition) is 3. The molecule has 1 atom stereocenters. The second-order valence-corrected chi connectivity index (χ2v) is 3.31. The third-order valence-electron chi connectivity index (χ3n) is 2.31. The maximum absolute atomic E-state index is 10.9. The van der Waals surface area contributed by atoms with Gasteiger partial charge in [0.25, 0.3) is 0 Å². The molecule has 68 valence electrons. The number of carbonyl (C=O) groups is 1. The average molecular weight is 177 g/mol. The van der Waals surface area contributed by atoms with Crippen molar-refractivity contribution in [1.29, 1.82) is 0 Å². The Labute approximate surface area is 76.2 Å². The third kappa shape index (κ3) is 1.24. The summed E-state index contributed by atoms with van der Waals surface area (Å²) in [6, 6.07) is 1.81. The Morgan fingerprint density at radius 1 is 1.77 bits per heavy atom. The quantitative estimate of drug-likeness (QED) is 0.663. The highest BCUT2D eigenvalue weighted by atomic mass is 16.1. The monoisotopic (exact) mass is 177 g/mol. The number of amides is 1. The Morgan fingerprint density at radius 3 is 3.23 bits per heavy atom. The first kappa shape index (κ1) is 8.04. The minimum atomic E-state index is -0.422. The summed E-state index contributed by atoms with van der Waals surface area (Å²) in [5, 5.41) is 3.15. The van der Waals surface area contributed by atoms with E-state index >= 15 is 0 Å². The Hall–Kier alpha value is -1.58. The highest BCUT2D eigenvalue weighted by Gasteiger charge is 2.20. The van der Waals surface area contributed by atoms with E-state index in [9.17, 15) is 4.79 Å². The number of pyridine rings is 1. The molecule has 0 saturated heterocycles. The summed E-state index contributed by atoms with van der Waals surface area (Å²) in [6.45, 7) is 2.97. The molecule has 4 nitrogen and oxygen atoms in total. The number of aromatic nitrogens is 1. The summed E-state index contributed by atoms with van der Waals surface area (Å²) in [7, 11) is 0. The number of primary amides is 1. The molecule has 2 rings (SSSR count). The number of nitrogens with zero attached hydrogens (tertiary/aromatic N) is 1. The number of hydrogen-bond donors (Lipinski definition) is 2. The van der Waals surface area contributed by atoms with Gasteiger partial charge in [0.2, 0.25) is 5.91 Å². The molecular weight excluding hydrogens is 166 g/mol. The van der Waals surface area contributed by atoms with Crippen molar-refractivity contribution in [3.63, 3.8) is 0 Å². The van der Waals surface area contributed by atoms with Crippen LogP contribution >= 0.6 is 0 Å². The number of carbonyl (C=O) groups excluding carboxylic acids is 1. The third-order valence-corrected chi connectivity index (χ3v) is 2.31. The van der Waals surface area contributed by atoms with E-state index in [1.54, 1.807) is 0 Å². The lowest BCUT2D eigenvalue weighted by Gasteiger charge is -2.02. The van der Waals surface area contributed by atoms with E-state index in [1.165, 1.54) is 6.20 Å². The molecule has 0 saturated carbocycles. The second-order valence-electron chi connectivity index (χ2n) is 3.31. The van der Waals surface area contributed by atoms with Gasteiger partial charge in [0.05, 0.1) is 5.56 Å². The van der Waals surface area contributed by atoms with Crippen LogP contribution in [0.2, 0.25) is 0 Å². The molecule has 0 fully saturated rings. The molecule has 1 aliphatic heterocycles. The molecular formula is C9H11N3O. The first-order valence-electron chi connectivity index (χ1n) is 4.22. The molecule has 1 amide bonds. The molecule has 0 aliphatic carbocycles. The lowest BCUT2D eigenvalue weighted by molar-refractivity contribution is 0.1000. The SMILES string of the molecule is CC1CNc2ncc(C(N)=O)cc21. The fourth-order valence-corrected chi connectivity index (χ4v) is 1.50. The number of nitrogens with two attached hydrogens (primary N) is 1. The average Bonchev–Trinajstić information content (AvgIpc) is 2.47. The summed E-state index contributed by atoms with van der Waals surface area (Å²) in [5.41, 5.74) is 6.71. The normalized spacial score (nSPS) is 19.3. The largest absolute Gasteiger partial charge is 0.369 e. The molecule has 0 aromatic carbocycles. The maximum Gasteiger partial charge on any atom is 0.250 e. The van der Waals surface area contributed by atoms with Crippen LogP contribution < -0.4 is 11.1 Å². The van der Waals surface area contributed by atoms with Crippen molar-refractivity contribution < 1.29 is 4.79 Å². The molecule has 2 heterocycles. The zero-order valence-corrected chi connectivity index (χ0v) is 7.37. The van der Waals surface area contributed by atoms with E-state index in [-0.39, 0.29) is 0 Å². The highest BCUT2D eigenvalue weighted by molar-refractivity contribution is 5.93. The Kier molecular flexibility index (Phi) is 1.69. The molecule has 1 aromatic heterocycles. The lowest BCUT2D eigenvalue weighted by atomic mass is 10.0. The van der Waals surface area contributed by atoms with E-state index in [1.807, 2.05) is 6.07 Å². The van der Waals surface area contributed by atoms with Gasteiger partial charge in [-0.2, -0.15) is 0 Å². The predicted octanol–water partition coefficient (Wildman–Crippen LogP) is 0.709. The molecule has 4 heteroatoms. The minimum absolute atomic E-state index is 0.404. The highest BCUT2D eigenvalue weighted by Crippen LogP contribution is 2.29. The molecule has 13 heavy (non-hydrogen) atoms. The van der Waals surface area contributed by atoms with E-state index in [4.69, 9.17) is 5.73 Å². The fraction of sp³-hybridized carbons (Fsp3) is 0.333. The van der Waals surface area contributed by atoms with Crippen LogP contribution in [0.15, 0.2) is 12.3 Å². The van der Waals surface area contributed by atoms with Crippen LogP contribution in [-0.2, 0) is 0 Å². The number of anilines is 1. The van der Waals surface area contributed by atoms with E-state index in [2.05, 4.69) is 17.2 Å². The van der Waals surface area contributed by atoms with E-state index in [0.29, 0.717) is 11.5 Å². The van der Waals surface area contributed by atoms with Crippen LogP contribution in [0.1, 0.15) is 28.8 Å². The van der Waals surface area contributed by atoms with Gasteiger partial charge in [-0.3, -0.25) is 4.79 Å². The molecule has 1 unspecified atom stereocenters. The van der Waals surface area contributed by atoms with Crippen molar-refractivity contribution in [3.8, 4) is 0 Å². The zero-order valence-electron chi connectivity index (χ0n) is 7.37. The van der Waals surface area contributed by atoms with E-state index < -0.39 is 5.91 Å². The topological polar surface area (TPSA) is 68.0 Å². The summed E-state index contributed by atoms with van der Waals surface area (Å²) in [6.07, 6.45) is 1.51. The molecule has 1 aliphatic rings. The van der Waals surface area contributed by atoms with Gasteiger partial charge < -0.3 is 11.1 Å². The smallest absolute Gasteiger partial charge is 0.250 e. The van der Waals surface area contributed by atoms with Gasteiger partial charge in [-0.05, 0) is 11.6 Å². The zero-order chi connectivity index (χ0) is 9.42. The number of nitrogens with one attached hydrogen (secondary N) is 1.